The molecule has 2 N–H and O–H groups in total. The van der Waals surface area contributed by atoms with Gasteiger partial charge in [-0.25, -0.2) is 0 Å². The molecule has 0 aromatic heterocycles. The van der Waals surface area contributed by atoms with Gasteiger partial charge in [0, 0.05) is 12.8 Å². The molecule has 42 heavy (non-hydrogen) atoms. The normalized spacial score (nSPS) is 20.4. The van der Waals surface area contributed by atoms with E-state index in [0.29, 0.717) is 24.7 Å². The molecule has 0 spiro atoms. The lowest BCUT2D eigenvalue weighted by Gasteiger charge is -2.39. The van der Waals surface area contributed by atoms with E-state index in [4.69, 9.17) is 10.2 Å². The van der Waals surface area contributed by atoms with Crippen molar-refractivity contribution in [3.8, 4) is 0 Å². The number of hydrogen-bond acceptors (Lipinski definition) is 2. The maximum Gasteiger partial charge on any atom is 0.303 e. The molecule has 0 saturated heterocycles. The molecular weight excluding hydrogens is 520 g/mol. The third-order valence-electron chi connectivity index (χ3n) is 9.47. The van der Waals surface area contributed by atoms with Crippen molar-refractivity contribution >= 4 is 11.9 Å². The van der Waals surface area contributed by atoms with Crippen molar-refractivity contribution in [1.82, 2.24) is 0 Å². The fourth-order valence-corrected chi connectivity index (χ4v) is 6.93. The first-order valence-electron chi connectivity index (χ1n) is 18.3. The van der Waals surface area contributed by atoms with Gasteiger partial charge in [0.1, 0.15) is 0 Å². The van der Waals surface area contributed by atoms with Crippen LogP contribution in [0.3, 0.4) is 0 Å². The van der Waals surface area contributed by atoms with Crippen LogP contribution in [0.5, 0.6) is 0 Å². The molecule has 0 aromatic carbocycles. The summed E-state index contributed by atoms with van der Waals surface area (Å²) in [5, 5.41) is 17.6. The number of carboxylic acids is 2. The second-order valence-electron chi connectivity index (χ2n) is 13.2. The van der Waals surface area contributed by atoms with Gasteiger partial charge in [-0.2, -0.15) is 0 Å². The quantitative estimate of drug-likeness (QED) is 0.0673. The Bertz CT molecular complexity index is 712. The van der Waals surface area contributed by atoms with Crippen molar-refractivity contribution in [3.05, 3.63) is 24.3 Å². The fraction of sp³-hybridized carbons (Fsp3) is 0.842. The zero-order valence-electron chi connectivity index (χ0n) is 27.7. The molecule has 0 heterocycles. The van der Waals surface area contributed by atoms with E-state index in [-0.39, 0.29) is 0 Å². The summed E-state index contributed by atoms with van der Waals surface area (Å²) >= 11 is 0. The number of aliphatic carboxylic acids is 2. The van der Waals surface area contributed by atoms with Gasteiger partial charge < -0.3 is 10.2 Å². The van der Waals surface area contributed by atoms with Gasteiger partial charge in [0.25, 0.3) is 0 Å². The summed E-state index contributed by atoms with van der Waals surface area (Å²) in [5.41, 5.74) is 0. The average molecular weight is 589 g/mol. The van der Waals surface area contributed by atoms with Crippen molar-refractivity contribution in [2.45, 2.75) is 181 Å². The minimum absolute atomic E-state index is 0.308. The summed E-state index contributed by atoms with van der Waals surface area (Å²) in [6.45, 7) is 4.61. The number of unbranched alkanes of at least 4 members (excludes halogenated alkanes) is 17. The third-order valence-corrected chi connectivity index (χ3v) is 9.47. The molecule has 4 unspecified atom stereocenters. The van der Waals surface area contributed by atoms with E-state index >= 15 is 0 Å². The number of hydrogen-bond donors (Lipinski definition) is 2. The highest BCUT2D eigenvalue weighted by atomic mass is 16.4. The number of carbonyl (C=O) groups is 2. The van der Waals surface area contributed by atoms with Crippen molar-refractivity contribution in [2.24, 2.45) is 23.7 Å². The first kappa shape index (κ1) is 38.4. The molecule has 1 aliphatic carbocycles. The van der Waals surface area contributed by atoms with Crippen LogP contribution in [-0.4, -0.2) is 22.2 Å². The minimum Gasteiger partial charge on any atom is -0.481 e. The van der Waals surface area contributed by atoms with E-state index in [1.54, 1.807) is 0 Å². The maximum absolute atomic E-state index is 10.7. The van der Waals surface area contributed by atoms with Crippen molar-refractivity contribution in [1.29, 1.82) is 0 Å². The van der Waals surface area contributed by atoms with Crippen LogP contribution < -0.4 is 0 Å². The van der Waals surface area contributed by atoms with E-state index in [0.717, 1.165) is 50.4 Å². The molecule has 0 radical (unpaired) electrons. The Morgan fingerprint density at radius 1 is 0.548 bits per heavy atom. The van der Waals surface area contributed by atoms with E-state index in [2.05, 4.69) is 38.2 Å². The van der Waals surface area contributed by atoms with Crippen LogP contribution in [0.4, 0.5) is 0 Å². The van der Waals surface area contributed by atoms with Gasteiger partial charge in [0.05, 0.1) is 0 Å². The van der Waals surface area contributed by atoms with Gasteiger partial charge in [-0.3, -0.25) is 9.59 Å². The van der Waals surface area contributed by atoms with Crippen LogP contribution in [0.15, 0.2) is 24.3 Å². The Kier molecular flexibility index (Phi) is 24.7. The molecule has 0 aromatic rings. The predicted molar refractivity (Wildman–Crippen MR) is 179 cm³/mol. The molecule has 0 amide bonds. The standard InChI is InChI=1S/C38H68O4/c1-3-5-7-19-25-33-31-32-34(26-20-15-11-9-13-17-23-29-37(39)40)36(35(33)27-21-8-6-4-2)28-22-16-12-10-14-18-24-30-38(41)42/h22,28,31-36H,3-21,23-27,29-30H2,1-2H3,(H,39,40)(H,41,42)/b28-22+. The van der Waals surface area contributed by atoms with Crippen LogP contribution >= 0.6 is 0 Å². The Hall–Kier alpha value is -1.58. The second-order valence-corrected chi connectivity index (χ2v) is 13.2. The smallest absolute Gasteiger partial charge is 0.303 e. The van der Waals surface area contributed by atoms with Gasteiger partial charge in [0.15, 0.2) is 0 Å². The van der Waals surface area contributed by atoms with Crippen molar-refractivity contribution in [2.75, 3.05) is 0 Å². The van der Waals surface area contributed by atoms with Crippen molar-refractivity contribution < 1.29 is 19.8 Å². The zero-order chi connectivity index (χ0) is 30.7. The van der Waals surface area contributed by atoms with Crippen LogP contribution in [0.25, 0.3) is 0 Å². The molecule has 0 bridgehead atoms. The molecule has 1 rings (SSSR count). The van der Waals surface area contributed by atoms with Crippen LogP contribution in [0, 0.1) is 23.7 Å². The van der Waals surface area contributed by atoms with Crippen LogP contribution in [0.2, 0.25) is 0 Å². The van der Waals surface area contributed by atoms with Gasteiger partial charge in [-0.15, -0.1) is 0 Å². The highest BCUT2D eigenvalue weighted by molar-refractivity contribution is 5.66. The average Bonchev–Trinajstić information content (AvgIpc) is 2.96. The van der Waals surface area contributed by atoms with Crippen molar-refractivity contribution in [3.63, 3.8) is 0 Å². The zero-order valence-corrected chi connectivity index (χ0v) is 27.7. The second kappa shape index (κ2) is 27.0. The Morgan fingerprint density at radius 3 is 1.52 bits per heavy atom. The minimum atomic E-state index is -0.671. The SMILES string of the molecule is CCCCCCC1C=CC(CCCCCCCCCC(=O)O)C(/C=C/CCCCCCCC(=O)O)C1CCCCCC. The summed E-state index contributed by atoms with van der Waals surface area (Å²) in [4.78, 5) is 21.4. The first-order chi connectivity index (χ1) is 20.5. The summed E-state index contributed by atoms with van der Waals surface area (Å²) in [6.07, 6.45) is 40.5. The van der Waals surface area contributed by atoms with E-state index in [1.165, 1.54) is 116 Å². The van der Waals surface area contributed by atoms with Gasteiger partial charge in [-0.1, -0.05) is 147 Å². The van der Waals surface area contributed by atoms with Gasteiger partial charge in [-0.05, 0) is 68.6 Å². The number of allylic oxidation sites excluding steroid dienone is 4. The largest absolute Gasteiger partial charge is 0.481 e. The van der Waals surface area contributed by atoms with Crippen LogP contribution in [0.1, 0.15) is 181 Å². The number of rotatable bonds is 29. The molecule has 4 atom stereocenters. The van der Waals surface area contributed by atoms with E-state index < -0.39 is 11.9 Å². The predicted octanol–water partition coefficient (Wildman–Crippen LogP) is 11.9. The molecule has 0 fully saturated rings. The number of carboxylic acid groups (broad SMARTS) is 2. The lowest BCUT2D eigenvalue weighted by Crippen LogP contribution is -2.30. The summed E-state index contributed by atoms with van der Waals surface area (Å²) in [5.74, 6) is 1.50. The van der Waals surface area contributed by atoms with E-state index in [9.17, 15) is 9.59 Å². The van der Waals surface area contributed by atoms with Crippen LogP contribution in [-0.2, 0) is 9.59 Å². The molecule has 244 valence electrons. The molecular formula is C38H68O4. The Balaban J connectivity index is 2.70. The molecule has 1 aliphatic rings. The lowest BCUT2D eigenvalue weighted by molar-refractivity contribution is -0.138. The maximum atomic E-state index is 10.7. The van der Waals surface area contributed by atoms with Gasteiger partial charge in [0.2, 0.25) is 0 Å². The molecule has 0 saturated carbocycles. The Morgan fingerprint density at radius 2 is 0.976 bits per heavy atom. The topological polar surface area (TPSA) is 74.6 Å². The monoisotopic (exact) mass is 589 g/mol. The molecule has 4 nitrogen and oxygen atoms in total. The fourth-order valence-electron chi connectivity index (χ4n) is 6.93. The first-order valence-corrected chi connectivity index (χ1v) is 18.3. The lowest BCUT2D eigenvalue weighted by atomic mass is 9.66. The summed E-state index contributed by atoms with van der Waals surface area (Å²) in [6, 6.07) is 0. The Labute approximate surface area is 260 Å². The third kappa shape index (κ3) is 20.3. The molecule has 0 aliphatic heterocycles. The summed E-state index contributed by atoms with van der Waals surface area (Å²) < 4.78 is 0. The van der Waals surface area contributed by atoms with Gasteiger partial charge >= 0.3 is 11.9 Å². The highest BCUT2D eigenvalue weighted by Gasteiger charge is 2.33. The summed E-state index contributed by atoms with van der Waals surface area (Å²) in [7, 11) is 0. The highest BCUT2D eigenvalue weighted by Crippen LogP contribution is 2.43. The molecule has 4 heteroatoms. The van der Waals surface area contributed by atoms with E-state index in [1.807, 2.05) is 0 Å².